The predicted octanol–water partition coefficient (Wildman–Crippen LogP) is 3.73. The summed E-state index contributed by atoms with van der Waals surface area (Å²) < 4.78 is 0.770. The molecule has 0 aliphatic heterocycles. The SMILES string of the molecule is CCN(C(=O)c1cccc(Br)c1Cl)C1CC1. The van der Waals surface area contributed by atoms with E-state index in [1.807, 2.05) is 24.0 Å². The molecule has 2 rings (SSSR count). The molecule has 0 heterocycles. The first-order chi connectivity index (χ1) is 7.65. The molecule has 0 bridgehead atoms. The molecule has 1 aromatic carbocycles. The van der Waals surface area contributed by atoms with Crippen LogP contribution in [0.4, 0.5) is 0 Å². The normalized spacial score (nSPS) is 14.9. The van der Waals surface area contributed by atoms with Gasteiger partial charge in [-0.3, -0.25) is 4.79 Å². The van der Waals surface area contributed by atoms with Gasteiger partial charge in [-0.1, -0.05) is 17.7 Å². The molecule has 0 aromatic heterocycles. The maximum absolute atomic E-state index is 12.3. The number of hydrogen-bond donors (Lipinski definition) is 0. The molecule has 86 valence electrons. The second-order valence-electron chi connectivity index (χ2n) is 3.92. The van der Waals surface area contributed by atoms with Gasteiger partial charge in [0, 0.05) is 17.1 Å². The summed E-state index contributed by atoms with van der Waals surface area (Å²) in [5, 5.41) is 0.506. The quantitative estimate of drug-likeness (QED) is 0.833. The van der Waals surface area contributed by atoms with Gasteiger partial charge in [0.2, 0.25) is 0 Å². The minimum absolute atomic E-state index is 0.0382. The van der Waals surface area contributed by atoms with Crippen molar-refractivity contribution in [3.05, 3.63) is 33.3 Å². The Labute approximate surface area is 109 Å². The zero-order valence-corrected chi connectivity index (χ0v) is 11.4. The molecule has 1 fully saturated rings. The Kier molecular flexibility index (Phi) is 3.55. The number of nitrogens with zero attached hydrogens (tertiary/aromatic N) is 1. The first-order valence-corrected chi connectivity index (χ1v) is 6.57. The average Bonchev–Trinajstić information content (AvgIpc) is 3.07. The third kappa shape index (κ3) is 2.25. The third-order valence-corrected chi connectivity index (χ3v) is 4.07. The molecule has 1 saturated carbocycles. The summed E-state index contributed by atoms with van der Waals surface area (Å²) in [5.41, 5.74) is 0.588. The molecule has 0 spiro atoms. The lowest BCUT2D eigenvalue weighted by Crippen LogP contribution is -2.33. The van der Waals surface area contributed by atoms with Crippen LogP contribution in [0.25, 0.3) is 0 Å². The zero-order valence-electron chi connectivity index (χ0n) is 9.04. The van der Waals surface area contributed by atoms with Crippen molar-refractivity contribution in [2.24, 2.45) is 0 Å². The molecule has 0 N–H and O–H groups in total. The topological polar surface area (TPSA) is 20.3 Å². The fraction of sp³-hybridized carbons (Fsp3) is 0.417. The summed E-state index contributed by atoms with van der Waals surface area (Å²) in [7, 11) is 0. The Bertz CT molecular complexity index is 417. The Morgan fingerprint density at radius 3 is 2.81 bits per heavy atom. The summed E-state index contributed by atoms with van der Waals surface area (Å²) in [5.74, 6) is 0.0382. The average molecular weight is 303 g/mol. The molecule has 1 aliphatic rings. The molecular weight excluding hydrogens is 289 g/mol. The van der Waals surface area contributed by atoms with Gasteiger partial charge in [0.15, 0.2) is 0 Å². The van der Waals surface area contributed by atoms with Crippen LogP contribution in [0.2, 0.25) is 5.02 Å². The first-order valence-electron chi connectivity index (χ1n) is 5.40. The lowest BCUT2D eigenvalue weighted by Gasteiger charge is -2.21. The summed E-state index contributed by atoms with van der Waals surface area (Å²) in [6, 6.07) is 5.88. The van der Waals surface area contributed by atoms with Gasteiger partial charge < -0.3 is 4.90 Å². The van der Waals surface area contributed by atoms with Crippen molar-refractivity contribution in [1.82, 2.24) is 4.90 Å². The van der Waals surface area contributed by atoms with E-state index < -0.39 is 0 Å². The Balaban J connectivity index is 2.28. The van der Waals surface area contributed by atoms with Gasteiger partial charge in [0.1, 0.15) is 0 Å². The summed E-state index contributed by atoms with van der Waals surface area (Å²) >= 11 is 9.46. The van der Waals surface area contributed by atoms with E-state index in [2.05, 4.69) is 15.9 Å². The highest BCUT2D eigenvalue weighted by atomic mass is 79.9. The molecule has 0 unspecified atom stereocenters. The highest BCUT2D eigenvalue weighted by Gasteiger charge is 2.32. The molecular formula is C12H13BrClNO. The molecule has 2 nitrogen and oxygen atoms in total. The van der Waals surface area contributed by atoms with Gasteiger partial charge in [0.25, 0.3) is 5.91 Å². The van der Waals surface area contributed by atoms with Crippen LogP contribution >= 0.6 is 27.5 Å². The highest BCUT2D eigenvalue weighted by molar-refractivity contribution is 9.10. The number of halogens is 2. The van der Waals surface area contributed by atoms with Crippen molar-refractivity contribution in [2.45, 2.75) is 25.8 Å². The van der Waals surface area contributed by atoms with Crippen LogP contribution in [-0.4, -0.2) is 23.4 Å². The largest absolute Gasteiger partial charge is 0.336 e. The lowest BCUT2D eigenvalue weighted by atomic mass is 10.2. The van der Waals surface area contributed by atoms with Gasteiger partial charge >= 0.3 is 0 Å². The van der Waals surface area contributed by atoms with E-state index in [9.17, 15) is 4.79 Å². The number of hydrogen-bond acceptors (Lipinski definition) is 1. The van der Waals surface area contributed by atoms with E-state index in [4.69, 9.17) is 11.6 Å². The number of carbonyl (C=O) groups is 1. The van der Waals surface area contributed by atoms with Crippen LogP contribution < -0.4 is 0 Å². The molecule has 1 amide bonds. The summed E-state index contributed by atoms with van der Waals surface area (Å²) in [6.07, 6.45) is 2.23. The molecule has 4 heteroatoms. The molecule has 0 radical (unpaired) electrons. The Hall–Kier alpha value is -0.540. The van der Waals surface area contributed by atoms with Gasteiger partial charge in [-0.05, 0) is 47.8 Å². The van der Waals surface area contributed by atoms with E-state index in [0.29, 0.717) is 16.6 Å². The van der Waals surface area contributed by atoms with E-state index >= 15 is 0 Å². The molecule has 1 aliphatic carbocycles. The third-order valence-electron chi connectivity index (χ3n) is 2.77. The smallest absolute Gasteiger partial charge is 0.255 e. The standard InChI is InChI=1S/C12H13BrClNO/c1-2-15(8-6-7-8)12(16)9-4-3-5-10(13)11(9)14/h3-5,8H,2,6-7H2,1H3. The maximum atomic E-state index is 12.3. The second kappa shape index (κ2) is 4.76. The number of carbonyl (C=O) groups excluding carboxylic acids is 1. The molecule has 0 saturated heterocycles. The number of rotatable bonds is 3. The van der Waals surface area contributed by atoms with Crippen molar-refractivity contribution in [2.75, 3.05) is 6.54 Å². The predicted molar refractivity (Wildman–Crippen MR) is 68.9 cm³/mol. The van der Waals surface area contributed by atoms with Crippen LogP contribution in [0.3, 0.4) is 0 Å². The van der Waals surface area contributed by atoms with Crippen molar-refractivity contribution in [3.63, 3.8) is 0 Å². The first kappa shape index (κ1) is 11.9. The van der Waals surface area contributed by atoms with Crippen molar-refractivity contribution in [1.29, 1.82) is 0 Å². The zero-order chi connectivity index (χ0) is 11.7. The van der Waals surface area contributed by atoms with Crippen LogP contribution in [0, 0.1) is 0 Å². The van der Waals surface area contributed by atoms with E-state index in [-0.39, 0.29) is 5.91 Å². The van der Waals surface area contributed by atoms with Crippen LogP contribution in [-0.2, 0) is 0 Å². The van der Waals surface area contributed by atoms with Gasteiger partial charge in [-0.25, -0.2) is 0 Å². The minimum atomic E-state index is 0.0382. The summed E-state index contributed by atoms with van der Waals surface area (Å²) in [6.45, 7) is 2.74. The number of amides is 1. The monoisotopic (exact) mass is 301 g/mol. The van der Waals surface area contributed by atoms with Crippen LogP contribution in [0.1, 0.15) is 30.1 Å². The Morgan fingerprint density at radius 2 is 2.25 bits per heavy atom. The molecule has 0 atom stereocenters. The van der Waals surface area contributed by atoms with Crippen molar-refractivity contribution in [3.8, 4) is 0 Å². The molecule has 1 aromatic rings. The highest BCUT2D eigenvalue weighted by Crippen LogP contribution is 2.31. The van der Waals surface area contributed by atoms with Gasteiger partial charge in [-0.2, -0.15) is 0 Å². The Morgan fingerprint density at radius 1 is 1.56 bits per heavy atom. The molecule has 16 heavy (non-hydrogen) atoms. The fourth-order valence-electron chi connectivity index (χ4n) is 1.78. The lowest BCUT2D eigenvalue weighted by molar-refractivity contribution is 0.0752. The van der Waals surface area contributed by atoms with E-state index in [1.165, 1.54) is 0 Å². The summed E-state index contributed by atoms with van der Waals surface area (Å²) in [4.78, 5) is 14.1. The number of benzene rings is 1. The van der Waals surface area contributed by atoms with Crippen LogP contribution in [0.15, 0.2) is 22.7 Å². The van der Waals surface area contributed by atoms with Crippen molar-refractivity contribution < 1.29 is 4.79 Å². The van der Waals surface area contributed by atoms with E-state index in [0.717, 1.165) is 23.9 Å². The minimum Gasteiger partial charge on any atom is -0.336 e. The van der Waals surface area contributed by atoms with Crippen molar-refractivity contribution >= 4 is 33.4 Å². The maximum Gasteiger partial charge on any atom is 0.255 e. The fourth-order valence-corrected chi connectivity index (χ4v) is 2.35. The van der Waals surface area contributed by atoms with E-state index in [1.54, 1.807) is 6.07 Å². The van der Waals surface area contributed by atoms with Gasteiger partial charge in [-0.15, -0.1) is 0 Å². The second-order valence-corrected chi connectivity index (χ2v) is 5.16. The van der Waals surface area contributed by atoms with Gasteiger partial charge in [0.05, 0.1) is 10.6 Å². The van der Waals surface area contributed by atoms with Crippen LogP contribution in [0.5, 0.6) is 0 Å².